The number of nitrogens with one attached hydrogen (secondary N) is 1. The molecule has 1 heterocycles. The topological polar surface area (TPSA) is 20.7 Å². The number of aryl methyl sites for hydroxylation is 1. The predicted molar refractivity (Wildman–Crippen MR) is 71.8 cm³/mol. The van der Waals surface area contributed by atoms with Crippen LogP contribution in [0.5, 0.6) is 0 Å². The Kier molecular flexibility index (Phi) is 2.85. The molecule has 17 heavy (non-hydrogen) atoms. The molecule has 3 rings (SSSR count). The highest BCUT2D eigenvalue weighted by Gasteiger charge is 2.15. The van der Waals surface area contributed by atoms with Gasteiger partial charge in [-0.3, -0.25) is 0 Å². The first-order valence-electron chi connectivity index (χ1n) is 6.19. The van der Waals surface area contributed by atoms with E-state index in [1.54, 1.807) is 0 Å². The fourth-order valence-corrected chi connectivity index (χ4v) is 2.87. The van der Waals surface area contributed by atoms with Gasteiger partial charge >= 0.3 is 0 Å². The number of aromatic nitrogens is 2. The van der Waals surface area contributed by atoms with Gasteiger partial charge in [-0.15, -0.1) is 0 Å². The molecule has 0 bridgehead atoms. The molecule has 2 aromatic rings. The molecule has 1 aliphatic carbocycles. The molecule has 0 saturated carbocycles. The zero-order chi connectivity index (χ0) is 11.7. The van der Waals surface area contributed by atoms with E-state index in [1.807, 2.05) is 0 Å². The van der Waals surface area contributed by atoms with Crippen molar-refractivity contribution in [1.82, 2.24) is 9.55 Å². The highest BCUT2D eigenvalue weighted by Crippen LogP contribution is 2.21. The number of fused-ring (bicyclic) bond motifs is 1. The van der Waals surface area contributed by atoms with E-state index >= 15 is 0 Å². The number of benzene rings is 1. The van der Waals surface area contributed by atoms with Crippen molar-refractivity contribution < 1.29 is 0 Å². The van der Waals surface area contributed by atoms with Crippen LogP contribution < -0.4 is 0 Å². The zero-order valence-electron chi connectivity index (χ0n) is 9.78. The molecule has 0 unspecified atom stereocenters. The lowest BCUT2D eigenvalue weighted by molar-refractivity contribution is 0.627. The summed E-state index contributed by atoms with van der Waals surface area (Å²) in [5.41, 5.74) is 4.10. The number of nitrogens with zero attached hydrogens (tertiary/aromatic N) is 1. The molecule has 2 nitrogen and oxygen atoms in total. The van der Waals surface area contributed by atoms with Gasteiger partial charge < -0.3 is 9.55 Å². The summed E-state index contributed by atoms with van der Waals surface area (Å²) in [5, 5.41) is 0. The van der Waals surface area contributed by atoms with Gasteiger partial charge in [0.1, 0.15) is 0 Å². The van der Waals surface area contributed by atoms with Crippen LogP contribution in [0.25, 0.3) is 0 Å². The molecule has 0 aliphatic heterocycles. The summed E-state index contributed by atoms with van der Waals surface area (Å²) in [5.74, 6) is 0. The summed E-state index contributed by atoms with van der Waals surface area (Å²) >= 11 is 5.43. The number of hydrogen-bond acceptors (Lipinski definition) is 1. The molecular formula is C14H16N2S. The summed E-state index contributed by atoms with van der Waals surface area (Å²) in [6, 6.07) is 10.5. The second-order valence-corrected chi connectivity index (χ2v) is 5.02. The van der Waals surface area contributed by atoms with E-state index in [9.17, 15) is 0 Å². The summed E-state index contributed by atoms with van der Waals surface area (Å²) in [4.78, 5) is 3.36. The maximum atomic E-state index is 5.43. The minimum atomic E-state index is 0.876. The van der Waals surface area contributed by atoms with Crippen LogP contribution in [-0.2, 0) is 19.4 Å². The molecule has 1 aromatic heterocycles. The highest BCUT2D eigenvalue weighted by atomic mass is 32.1. The van der Waals surface area contributed by atoms with E-state index in [0.29, 0.717) is 0 Å². The minimum Gasteiger partial charge on any atom is -0.334 e. The first kappa shape index (κ1) is 10.8. The van der Waals surface area contributed by atoms with Crippen molar-refractivity contribution in [3.8, 4) is 0 Å². The molecule has 0 radical (unpaired) electrons. The molecule has 0 atom stereocenters. The van der Waals surface area contributed by atoms with Crippen LogP contribution in [0.3, 0.4) is 0 Å². The summed E-state index contributed by atoms with van der Waals surface area (Å²) in [7, 11) is 0. The largest absolute Gasteiger partial charge is 0.334 e. The van der Waals surface area contributed by atoms with Crippen LogP contribution in [0, 0.1) is 4.77 Å². The van der Waals surface area contributed by atoms with Crippen molar-refractivity contribution in [1.29, 1.82) is 0 Å². The van der Waals surface area contributed by atoms with E-state index < -0.39 is 0 Å². The van der Waals surface area contributed by atoms with E-state index in [1.165, 1.54) is 29.8 Å². The Balaban J connectivity index is 1.98. The van der Waals surface area contributed by atoms with Crippen molar-refractivity contribution in [2.24, 2.45) is 0 Å². The maximum Gasteiger partial charge on any atom is 0.177 e. The average molecular weight is 244 g/mol. The van der Waals surface area contributed by atoms with Crippen molar-refractivity contribution >= 4 is 12.2 Å². The molecule has 0 amide bonds. The van der Waals surface area contributed by atoms with Gasteiger partial charge in [-0.2, -0.15) is 0 Å². The quantitative estimate of drug-likeness (QED) is 0.802. The smallest absolute Gasteiger partial charge is 0.177 e. The number of rotatable bonds is 2. The van der Waals surface area contributed by atoms with Crippen LogP contribution in [0.4, 0.5) is 0 Å². The molecule has 0 spiro atoms. The molecule has 1 aromatic carbocycles. The number of imidazole rings is 1. The molecule has 1 N–H and O–H groups in total. The van der Waals surface area contributed by atoms with E-state index in [-0.39, 0.29) is 0 Å². The molecular weight excluding hydrogens is 228 g/mol. The predicted octanol–water partition coefficient (Wildman–Crippen LogP) is 3.47. The molecule has 1 aliphatic rings. The van der Waals surface area contributed by atoms with E-state index in [2.05, 4.69) is 39.9 Å². The van der Waals surface area contributed by atoms with Crippen molar-refractivity contribution in [2.45, 2.75) is 32.2 Å². The zero-order valence-corrected chi connectivity index (χ0v) is 10.6. The van der Waals surface area contributed by atoms with Gasteiger partial charge in [0.25, 0.3) is 0 Å². The highest BCUT2D eigenvalue weighted by molar-refractivity contribution is 7.71. The Hall–Kier alpha value is -1.35. The normalized spacial score (nSPS) is 14.6. The average Bonchev–Trinajstić information content (AvgIpc) is 2.68. The minimum absolute atomic E-state index is 0.876. The van der Waals surface area contributed by atoms with Crippen LogP contribution in [0.2, 0.25) is 0 Å². The first-order chi connectivity index (χ1) is 8.34. The second-order valence-electron chi connectivity index (χ2n) is 4.63. The van der Waals surface area contributed by atoms with E-state index in [0.717, 1.165) is 24.2 Å². The van der Waals surface area contributed by atoms with Crippen LogP contribution >= 0.6 is 12.2 Å². The van der Waals surface area contributed by atoms with Crippen molar-refractivity contribution in [2.75, 3.05) is 0 Å². The van der Waals surface area contributed by atoms with Gasteiger partial charge in [-0.05, 0) is 43.5 Å². The number of H-pyrrole nitrogens is 1. The standard InChI is InChI=1S/C14H16N2S/c17-14-15-12-8-4-5-9-13(12)16(14)10-11-6-2-1-3-7-11/h1-3,6-7H,4-5,8-10H2,(H,15,17). The Morgan fingerprint density at radius 2 is 1.88 bits per heavy atom. The lowest BCUT2D eigenvalue weighted by Crippen LogP contribution is -2.09. The Morgan fingerprint density at radius 3 is 2.71 bits per heavy atom. The van der Waals surface area contributed by atoms with Gasteiger partial charge in [0.05, 0.1) is 6.54 Å². The Labute approximate surface area is 106 Å². The monoisotopic (exact) mass is 244 g/mol. The first-order valence-corrected chi connectivity index (χ1v) is 6.60. The molecule has 3 heteroatoms. The number of aromatic amines is 1. The van der Waals surface area contributed by atoms with Crippen LogP contribution in [-0.4, -0.2) is 9.55 Å². The molecule has 0 fully saturated rings. The second kappa shape index (κ2) is 4.49. The lowest BCUT2D eigenvalue weighted by atomic mass is 10.0. The SMILES string of the molecule is S=c1[nH]c2c(n1Cc1ccccc1)CCCC2. The van der Waals surface area contributed by atoms with Gasteiger partial charge in [0.2, 0.25) is 0 Å². The Morgan fingerprint density at radius 1 is 1.12 bits per heavy atom. The summed E-state index contributed by atoms with van der Waals surface area (Å²) < 4.78 is 3.14. The van der Waals surface area contributed by atoms with E-state index in [4.69, 9.17) is 12.2 Å². The lowest BCUT2D eigenvalue weighted by Gasteiger charge is -2.14. The third-order valence-electron chi connectivity index (χ3n) is 3.45. The van der Waals surface area contributed by atoms with Gasteiger partial charge in [0, 0.05) is 11.4 Å². The fraction of sp³-hybridized carbons (Fsp3) is 0.357. The van der Waals surface area contributed by atoms with Crippen LogP contribution in [0.1, 0.15) is 29.8 Å². The van der Waals surface area contributed by atoms with Gasteiger partial charge in [0.15, 0.2) is 4.77 Å². The van der Waals surface area contributed by atoms with Crippen LogP contribution in [0.15, 0.2) is 30.3 Å². The van der Waals surface area contributed by atoms with Crippen molar-refractivity contribution in [3.63, 3.8) is 0 Å². The summed E-state index contributed by atoms with van der Waals surface area (Å²) in [6.45, 7) is 0.894. The maximum absolute atomic E-state index is 5.43. The Bertz CT molecular complexity index is 566. The molecule has 88 valence electrons. The third-order valence-corrected chi connectivity index (χ3v) is 3.77. The number of hydrogen-bond donors (Lipinski definition) is 1. The fourth-order valence-electron chi connectivity index (χ4n) is 2.57. The summed E-state index contributed by atoms with van der Waals surface area (Å²) in [6.07, 6.45) is 4.89. The van der Waals surface area contributed by atoms with Gasteiger partial charge in [-0.1, -0.05) is 30.3 Å². The third kappa shape index (κ3) is 2.07. The van der Waals surface area contributed by atoms with Gasteiger partial charge in [-0.25, -0.2) is 0 Å². The molecule has 0 saturated heterocycles. The van der Waals surface area contributed by atoms with Crippen molar-refractivity contribution in [3.05, 3.63) is 52.1 Å².